The first kappa shape index (κ1) is 17.5. The van der Waals surface area contributed by atoms with Gasteiger partial charge in [0.25, 0.3) is 0 Å². The lowest BCUT2D eigenvalue weighted by atomic mass is 9.68. The van der Waals surface area contributed by atoms with E-state index in [0.717, 1.165) is 5.75 Å². The quantitative estimate of drug-likeness (QED) is 0.599. The Morgan fingerprint density at radius 3 is 1.93 bits per heavy atom. The lowest BCUT2D eigenvalue weighted by Gasteiger charge is -2.61. The van der Waals surface area contributed by atoms with Crippen molar-refractivity contribution in [3.8, 4) is 0 Å². The molecule has 28 heavy (non-hydrogen) atoms. The lowest BCUT2D eigenvalue weighted by Crippen LogP contribution is -2.67. The van der Waals surface area contributed by atoms with Gasteiger partial charge in [0, 0.05) is 12.2 Å². The van der Waals surface area contributed by atoms with Gasteiger partial charge in [-0.05, 0) is 29.7 Å². The summed E-state index contributed by atoms with van der Waals surface area (Å²) < 4.78 is 14.8. The van der Waals surface area contributed by atoms with E-state index in [1.54, 1.807) is 34.9 Å². The summed E-state index contributed by atoms with van der Waals surface area (Å²) in [4.78, 5) is 14.3. The van der Waals surface area contributed by atoms with Crippen LogP contribution in [0.5, 0.6) is 0 Å². The average Bonchev–Trinajstić information content (AvgIpc) is 3.09. The molecule has 3 aromatic rings. The molecule has 0 radical (unpaired) electrons. The largest absolute Gasteiger partial charge is 0.293 e. The van der Waals surface area contributed by atoms with Gasteiger partial charge in [-0.2, -0.15) is 0 Å². The summed E-state index contributed by atoms with van der Waals surface area (Å²) in [6.07, 6.45) is 1.14. The second-order valence-electron chi connectivity index (χ2n) is 7.39. The van der Waals surface area contributed by atoms with Crippen molar-refractivity contribution in [3.63, 3.8) is 0 Å². The topological polar surface area (TPSA) is 20.3 Å². The van der Waals surface area contributed by atoms with Crippen LogP contribution in [-0.4, -0.2) is 16.5 Å². The van der Waals surface area contributed by atoms with Gasteiger partial charge in [0.2, 0.25) is 5.91 Å². The van der Waals surface area contributed by atoms with Gasteiger partial charge in [-0.25, -0.2) is 4.39 Å². The van der Waals surface area contributed by atoms with Gasteiger partial charge in [-0.15, -0.1) is 11.8 Å². The number of para-hydroxylation sites is 1. The summed E-state index contributed by atoms with van der Waals surface area (Å²) in [5, 5.41) is 0. The highest BCUT2D eigenvalue weighted by Gasteiger charge is 2.68. The highest BCUT2D eigenvalue weighted by Crippen LogP contribution is 2.66. The molecule has 1 atom stereocenters. The molecule has 0 aromatic heterocycles. The van der Waals surface area contributed by atoms with Gasteiger partial charge in [0.1, 0.15) is 10.7 Å². The summed E-state index contributed by atoms with van der Waals surface area (Å²) in [6.45, 7) is 0. The van der Waals surface area contributed by atoms with E-state index in [1.165, 1.54) is 17.2 Å². The second kappa shape index (κ2) is 6.49. The number of halogens is 1. The Labute approximate surface area is 168 Å². The third kappa shape index (κ3) is 2.24. The number of anilines is 1. The van der Waals surface area contributed by atoms with Crippen molar-refractivity contribution >= 4 is 23.4 Å². The Kier molecular flexibility index (Phi) is 4.06. The number of amides is 1. The van der Waals surface area contributed by atoms with Gasteiger partial charge < -0.3 is 0 Å². The van der Waals surface area contributed by atoms with Crippen LogP contribution in [0.15, 0.2) is 84.9 Å². The van der Waals surface area contributed by atoms with Crippen LogP contribution in [0.4, 0.5) is 10.1 Å². The number of rotatable bonds is 3. The number of carbonyl (C=O) groups is 1. The number of hydrogen-bond acceptors (Lipinski definition) is 2. The van der Waals surface area contributed by atoms with E-state index in [2.05, 4.69) is 24.3 Å². The van der Waals surface area contributed by atoms with E-state index in [9.17, 15) is 9.18 Å². The van der Waals surface area contributed by atoms with E-state index in [1.807, 2.05) is 36.4 Å². The van der Waals surface area contributed by atoms with Crippen LogP contribution >= 0.6 is 11.8 Å². The van der Waals surface area contributed by atoms with Crippen LogP contribution in [0.3, 0.4) is 0 Å². The van der Waals surface area contributed by atoms with Gasteiger partial charge in [-0.1, -0.05) is 72.8 Å². The smallest absolute Gasteiger partial charge is 0.228 e. The summed E-state index contributed by atoms with van der Waals surface area (Å²) in [6, 6.07) is 27.4. The Morgan fingerprint density at radius 1 is 0.821 bits per heavy atom. The van der Waals surface area contributed by atoms with Gasteiger partial charge in [-0.3, -0.25) is 9.69 Å². The molecule has 2 fully saturated rings. The molecule has 0 N–H and O–H groups in total. The number of nitrogens with zero attached hydrogens (tertiary/aromatic N) is 1. The number of thioether (sulfide) groups is 1. The molecule has 2 saturated heterocycles. The fourth-order valence-corrected chi connectivity index (χ4v) is 6.73. The molecule has 2 aliphatic rings. The van der Waals surface area contributed by atoms with Gasteiger partial charge in [0.15, 0.2) is 0 Å². The average molecular weight is 389 g/mol. The Balaban J connectivity index is 1.76. The number of benzene rings is 3. The Hall–Kier alpha value is -2.59. The van der Waals surface area contributed by atoms with Crippen molar-refractivity contribution in [3.05, 3.63) is 102 Å². The molecule has 1 spiro atoms. The molecule has 0 unspecified atom stereocenters. The third-order valence-electron chi connectivity index (χ3n) is 6.11. The second-order valence-corrected chi connectivity index (χ2v) is 8.64. The molecular formula is C24H20FNOS. The molecule has 5 rings (SSSR count). The standard InChI is InChI=1S/C24H20FNOS/c25-20-13-7-8-14-21(20)26-22(27)15-16-24(26)23(17-28-24,18-9-3-1-4-10-18)19-11-5-2-6-12-19/h1-14H,15-17H2/t24-/m1/s1. The molecule has 2 aliphatic heterocycles. The van der Waals surface area contributed by atoms with E-state index < -0.39 is 4.87 Å². The first-order valence-electron chi connectivity index (χ1n) is 9.52. The molecule has 0 saturated carbocycles. The Bertz CT molecular complexity index is 984. The van der Waals surface area contributed by atoms with E-state index in [0.29, 0.717) is 18.5 Å². The molecule has 0 aliphatic carbocycles. The van der Waals surface area contributed by atoms with Crippen LogP contribution in [0.25, 0.3) is 0 Å². The molecule has 4 heteroatoms. The normalized spacial score (nSPS) is 23.0. The maximum Gasteiger partial charge on any atom is 0.228 e. The molecule has 2 heterocycles. The molecule has 1 amide bonds. The molecule has 3 aromatic carbocycles. The SMILES string of the molecule is O=C1CC[C@]2(SCC2(c2ccccc2)c2ccccc2)N1c1ccccc1F. The molecule has 0 bridgehead atoms. The summed E-state index contributed by atoms with van der Waals surface area (Å²) in [5.74, 6) is 0.507. The summed E-state index contributed by atoms with van der Waals surface area (Å²) in [5.41, 5.74) is 2.37. The first-order valence-corrected chi connectivity index (χ1v) is 10.5. The number of hydrogen-bond donors (Lipinski definition) is 0. The van der Waals surface area contributed by atoms with Crippen molar-refractivity contribution in [2.24, 2.45) is 0 Å². The first-order chi connectivity index (χ1) is 13.7. The minimum absolute atomic E-state index is 0.00598. The van der Waals surface area contributed by atoms with E-state index >= 15 is 0 Å². The highest BCUT2D eigenvalue weighted by atomic mass is 32.2. The monoisotopic (exact) mass is 389 g/mol. The zero-order valence-electron chi connectivity index (χ0n) is 15.3. The van der Waals surface area contributed by atoms with Crippen LogP contribution in [0.1, 0.15) is 24.0 Å². The van der Waals surface area contributed by atoms with Crippen LogP contribution in [0.2, 0.25) is 0 Å². The van der Waals surface area contributed by atoms with E-state index in [-0.39, 0.29) is 17.1 Å². The van der Waals surface area contributed by atoms with Crippen LogP contribution < -0.4 is 4.90 Å². The predicted octanol–water partition coefficient (Wildman–Crippen LogP) is 5.38. The van der Waals surface area contributed by atoms with Crippen molar-refractivity contribution < 1.29 is 9.18 Å². The van der Waals surface area contributed by atoms with Crippen molar-refractivity contribution in [2.45, 2.75) is 23.1 Å². The molecule has 140 valence electrons. The lowest BCUT2D eigenvalue weighted by molar-refractivity contribution is -0.117. The minimum Gasteiger partial charge on any atom is -0.293 e. The summed E-state index contributed by atoms with van der Waals surface area (Å²) in [7, 11) is 0. The van der Waals surface area contributed by atoms with Crippen LogP contribution in [-0.2, 0) is 10.2 Å². The Morgan fingerprint density at radius 2 is 1.39 bits per heavy atom. The minimum atomic E-state index is -0.519. The van der Waals surface area contributed by atoms with Crippen molar-refractivity contribution in [1.82, 2.24) is 0 Å². The summed E-state index contributed by atoms with van der Waals surface area (Å²) >= 11 is 1.77. The zero-order valence-corrected chi connectivity index (χ0v) is 16.2. The van der Waals surface area contributed by atoms with Crippen LogP contribution in [0, 0.1) is 5.82 Å². The predicted molar refractivity (Wildman–Crippen MR) is 112 cm³/mol. The van der Waals surface area contributed by atoms with Crippen molar-refractivity contribution in [2.75, 3.05) is 10.7 Å². The zero-order chi connectivity index (χ0) is 19.2. The fraction of sp³-hybridized carbons (Fsp3) is 0.208. The van der Waals surface area contributed by atoms with Gasteiger partial charge >= 0.3 is 0 Å². The fourth-order valence-electron chi connectivity index (χ4n) is 4.82. The molecule has 2 nitrogen and oxygen atoms in total. The van der Waals surface area contributed by atoms with Gasteiger partial charge in [0.05, 0.1) is 11.1 Å². The highest BCUT2D eigenvalue weighted by molar-refractivity contribution is 8.02. The molecular weight excluding hydrogens is 369 g/mol. The maximum atomic E-state index is 14.8. The van der Waals surface area contributed by atoms with Crippen molar-refractivity contribution in [1.29, 1.82) is 0 Å². The maximum absolute atomic E-state index is 14.8. The number of carbonyl (C=O) groups excluding carboxylic acids is 1. The van der Waals surface area contributed by atoms with E-state index in [4.69, 9.17) is 0 Å². The third-order valence-corrected chi connectivity index (χ3v) is 7.90.